The summed E-state index contributed by atoms with van der Waals surface area (Å²) in [7, 11) is -11.0. The minimum atomic E-state index is -4.67. The second-order valence-electron chi connectivity index (χ2n) is 7.94. The zero-order chi connectivity index (χ0) is 26.3. The molecule has 0 bridgehead atoms. The third-order valence-corrected chi connectivity index (χ3v) is 6.05. The maximum Gasteiger partial charge on any atom is 0.394 e. The lowest BCUT2D eigenvalue weighted by atomic mass is 9.99. The van der Waals surface area contributed by atoms with Crippen LogP contribution >= 0.6 is 0 Å². The lowest BCUT2D eigenvalue weighted by Crippen LogP contribution is -2.25. The van der Waals surface area contributed by atoms with Crippen molar-refractivity contribution in [1.82, 2.24) is 10.6 Å². The first-order valence-electron chi connectivity index (χ1n) is 10.4. The Morgan fingerprint density at radius 2 is 1.03 bits per heavy atom. The van der Waals surface area contributed by atoms with Gasteiger partial charge in [0.05, 0.1) is 23.9 Å². The largest absolute Gasteiger partial charge is 0.394 e. The van der Waals surface area contributed by atoms with Gasteiger partial charge in [-0.2, -0.15) is 8.42 Å². The SMILES string of the molecule is CS(=O)(=O)Nc1cccc2c1CCNC2.CS(=O)(=O)Nc1cccc2c1CCNC2.O=S(=O)(O)O. The van der Waals surface area contributed by atoms with Crippen molar-refractivity contribution in [3.63, 3.8) is 0 Å². The molecular formula is C20H30N4O8S3. The summed E-state index contributed by atoms with van der Waals surface area (Å²) in [5, 5.41) is 6.51. The van der Waals surface area contributed by atoms with Crippen LogP contribution < -0.4 is 20.1 Å². The van der Waals surface area contributed by atoms with Crippen LogP contribution in [0.4, 0.5) is 11.4 Å². The molecule has 2 heterocycles. The van der Waals surface area contributed by atoms with E-state index in [2.05, 4.69) is 20.1 Å². The van der Waals surface area contributed by atoms with Gasteiger partial charge in [-0.3, -0.25) is 18.5 Å². The van der Waals surface area contributed by atoms with Gasteiger partial charge in [-0.15, -0.1) is 0 Å². The molecule has 0 aromatic heterocycles. The molecule has 0 amide bonds. The summed E-state index contributed by atoms with van der Waals surface area (Å²) in [6, 6.07) is 11.4. The smallest absolute Gasteiger partial charge is 0.312 e. The van der Waals surface area contributed by atoms with Gasteiger partial charge in [-0.05, 0) is 60.3 Å². The van der Waals surface area contributed by atoms with E-state index < -0.39 is 30.4 Å². The molecule has 35 heavy (non-hydrogen) atoms. The lowest BCUT2D eigenvalue weighted by Gasteiger charge is -2.20. The fourth-order valence-corrected chi connectivity index (χ4v) is 4.84. The molecule has 12 nitrogen and oxygen atoms in total. The standard InChI is InChI=1S/2C10H14N2O2S.H2O4S/c2*1-15(13,14)12-10-4-2-3-8-7-11-6-5-9(8)10;1-5(2,3)4/h2*2-4,11-12H,5-7H2,1H3;(H2,1,2,3,4). The van der Waals surface area contributed by atoms with E-state index >= 15 is 0 Å². The molecule has 2 aromatic rings. The number of anilines is 2. The lowest BCUT2D eigenvalue weighted by molar-refractivity contribution is 0.381. The second-order valence-corrected chi connectivity index (χ2v) is 12.3. The summed E-state index contributed by atoms with van der Waals surface area (Å²) in [5.41, 5.74) is 6.01. The van der Waals surface area contributed by atoms with Crippen molar-refractivity contribution in [1.29, 1.82) is 0 Å². The van der Waals surface area contributed by atoms with Gasteiger partial charge in [-0.1, -0.05) is 24.3 Å². The number of rotatable bonds is 4. The molecule has 0 spiro atoms. The molecule has 4 rings (SSSR count). The summed E-state index contributed by atoms with van der Waals surface area (Å²) >= 11 is 0. The van der Waals surface area contributed by atoms with Gasteiger partial charge in [0.2, 0.25) is 20.0 Å². The van der Waals surface area contributed by atoms with Gasteiger partial charge in [0, 0.05) is 13.1 Å². The molecule has 0 radical (unpaired) electrons. The van der Waals surface area contributed by atoms with Gasteiger partial charge >= 0.3 is 10.4 Å². The van der Waals surface area contributed by atoms with E-state index in [4.69, 9.17) is 17.5 Å². The van der Waals surface area contributed by atoms with Crippen LogP contribution in [0.15, 0.2) is 36.4 Å². The van der Waals surface area contributed by atoms with Crippen LogP contribution in [0.1, 0.15) is 22.3 Å². The number of hydrogen-bond donors (Lipinski definition) is 6. The minimum absolute atomic E-state index is 0.719. The maximum atomic E-state index is 11.2. The molecule has 2 aromatic carbocycles. The average molecular weight is 551 g/mol. The van der Waals surface area contributed by atoms with E-state index in [1.54, 1.807) is 0 Å². The predicted octanol–water partition coefficient (Wildman–Crippen LogP) is 0.755. The highest BCUT2D eigenvalue weighted by Crippen LogP contribution is 2.24. The summed E-state index contributed by atoms with van der Waals surface area (Å²) in [5.74, 6) is 0. The zero-order valence-corrected chi connectivity index (χ0v) is 21.7. The van der Waals surface area contributed by atoms with Gasteiger partial charge in [-0.25, -0.2) is 16.8 Å². The second kappa shape index (κ2) is 12.1. The molecule has 0 saturated carbocycles. The molecule has 15 heteroatoms. The molecule has 0 unspecified atom stereocenters. The zero-order valence-electron chi connectivity index (χ0n) is 19.3. The Hall–Kier alpha value is -2.27. The maximum absolute atomic E-state index is 11.2. The molecular weight excluding hydrogens is 520 g/mol. The third kappa shape index (κ3) is 11.3. The Balaban J connectivity index is 0.000000208. The van der Waals surface area contributed by atoms with Gasteiger partial charge in [0.25, 0.3) is 0 Å². The van der Waals surface area contributed by atoms with E-state index in [1.165, 1.54) is 23.6 Å². The van der Waals surface area contributed by atoms with E-state index in [9.17, 15) is 16.8 Å². The predicted molar refractivity (Wildman–Crippen MR) is 135 cm³/mol. The van der Waals surface area contributed by atoms with Crippen molar-refractivity contribution < 1.29 is 34.4 Å². The fraction of sp³-hybridized carbons (Fsp3) is 0.400. The quantitative estimate of drug-likeness (QED) is 0.296. The molecule has 0 aliphatic carbocycles. The van der Waals surface area contributed by atoms with Crippen molar-refractivity contribution in [3.8, 4) is 0 Å². The van der Waals surface area contributed by atoms with Crippen LogP contribution in [0.25, 0.3) is 0 Å². The molecule has 2 aliphatic heterocycles. The number of hydrogen-bond acceptors (Lipinski definition) is 8. The normalized spacial score (nSPS) is 15.2. The van der Waals surface area contributed by atoms with Crippen molar-refractivity contribution in [3.05, 3.63) is 58.7 Å². The number of sulfonamides is 2. The Morgan fingerprint density at radius 1 is 0.686 bits per heavy atom. The van der Waals surface area contributed by atoms with Crippen molar-refractivity contribution in [2.75, 3.05) is 35.0 Å². The fourth-order valence-electron chi connectivity index (χ4n) is 3.65. The van der Waals surface area contributed by atoms with Crippen molar-refractivity contribution in [2.24, 2.45) is 0 Å². The molecule has 0 atom stereocenters. The first-order valence-corrected chi connectivity index (χ1v) is 15.6. The molecule has 0 saturated heterocycles. The Kier molecular flexibility index (Phi) is 10.0. The molecule has 196 valence electrons. The Bertz CT molecular complexity index is 1250. The highest BCUT2D eigenvalue weighted by Gasteiger charge is 2.15. The molecule has 6 N–H and O–H groups in total. The summed E-state index contributed by atoms with van der Waals surface area (Å²) in [6.07, 6.45) is 4.09. The summed E-state index contributed by atoms with van der Waals surface area (Å²) in [6.45, 7) is 3.42. The first-order chi connectivity index (χ1) is 16.1. The highest BCUT2D eigenvalue weighted by atomic mass is 32.3. The van der Waals surface area contributed by atoms with Crippen LogP contribution in [0.2, 0.25) is 0 Å². The van der Waals surface area contributed by atoms with Crippen LogP contribution in [0, 0.1) is 0 Å². The number of fused-ring (bicyclic) bond motifs is 2. The molecule has 0 fully saturated rings. The Labute approximate surface area is 206 Å². The average Bonchev–Trinajstić information content (AvgIpc) is 2.72. The highest BCUT2D eigenvalue weighted by molar-refractivity contribution is 7.92. The molecule has 2 aliphatic rings. The topological polar surface area (TPSA) is 191 Å². The van der Waals surface area contributed by atoms with Crippen LogP contribution in [0.5, 0.6) is 0 Å². The third-order valence-electron chi connectivity index (χ3n) is 4.87. The minimum Gasteiger partial charge on any atom is -0.312 e. The number of benzene rings is 2. The van der Waals surface area contributed by atoms with Gasteiger partial charge < -0.3 is 10.6 Å². The summed E-state index contributed by atoms with van der Waals surface area (Å²) in [4.78, 5) is 0. The van der Waals surface area contributed by atoms with Crippen LogP contribution in [0.3, 0.4) is 0 Å². The van der Waals surface area contributed by atoms with Crippen molar-refractivity contribution in [2.45, 2.75) is 25.9 Å². The van der Waals surface area contributed by atoms with Crippen LogP contribution in [-0.4, -0.2) is 60.0 Å². The van der Waals surface area contributed by atoms with E-state index in [-0.39, 0.29) is 0 Å². The van der Waals surface area contributed by atoms with Gasteiger partial charge in [0.1, 0.15) is 0 Å². The monoisotopic (exact) mass is 550 g/mol. The van der Waals surface area contributed by atoms with E-state index in [0.717, 1.165) is 61.5 Å². The summed E-state index contributed by atoms with van der Waals surface area (Å²) < 4.78 is 81.3. The Morgan fingerprint density at radius 3 is 1.34 bits per heavy atom. The van der Waals surface area contributed by atoms with E-state index in [1.807, 2.05) is 36.4 Å². The van der Waals surface area contributed by atoms with Crippen molar-refractivity contribution >= 4 is 41.8 Å². The van der Waals surface area contributed by atoms with Gasteiger partial charge in [0.15, 0.2) is 0 Å². The number of nitrogens with one attached hydrogen (secondary N) is 4. The first kappa shape index (κ1) is 29.0. The van der Waals surface area contributed by atoms with Crippen LogP contribution in [-0.2, 0) is 56.4 Å². The van der Waals surface area contributed by atoms with E-state index in [0.29, 0.717) is 0 Å².